The second kappa shape index (κ2) is 6.80. The van der Waals surface area contributed by atoms with Gasteiger partial charge in [0.15, 0.2) is 5.78 Å². The number of carbonyl (C=O) groups is 3. The summed E-state index contributed by atoms with van der Waals surface area (Å²) in [4.78, 5) is 40.1. The summed E-state index contributed by atoms with van der Waals surface area (Å²) in [6.45, 7) is 1.73. The van der Waals surface area contributed by atoms with E-state index in [4.69, 9.17) is 9.47 Å². The van der Waals surface area contributed by atoms with E-state index in [1.165, 1.54) is 19.0 Å². The molecule has 0 spiro atoms. The third-order valence-electron chi connectivity index (χ3n) is 5.57. The molecule has 1 heterocycles. The van der Waals surface area contributed by atoms with E-state index in [2.05, 4.69) is 10.2 Å². The van der Waals surface area contributed by atoms with Gasteiger partial charge in [0, 0.05) is 5.56 Å². The third-order valence-corrected chi connectivity index (χ3v) is 5.57. The smallest absolute Gasteiger partial charge is 0.317 e. The van der Waals surface area contributed by atoms with Crippen LogP contribution < -0.4 is 0 Å². The summed E-state index contributed by atoms with van der Waals surface area (Å²) in [5.74, 6) is -4.59. The van der Waals surface area contributed by atoms with Gasteiger partial charge in [-0.2, -0.15) is 15.0 Å². The molecule has 2 aromatic carbocycles. The SMILES string of the molecule is COC(=O)[C@H]1C(=O)c2ccccc2[C@@](C)(n2nc3ccccc3n2)[C@@H]1C(=O)OC. The zero-order chi connectivity index (χ0) is 20.8. The average Bonchev–Trinajstić information content (AvgIpc) is 3.20. The van der Waals surface area contributed by atoms with E-state index in [1.807, 2.05) is 12.1 Å². The maximum atomic E-state index is 13.2. The molecule has 3 atom stereocenters. The highest BCUT2D eigenvalue weighted by molar-refractivity contribution is 6.13. The molecule has 0 saturated heterocycles. The van der Waals surface area contributed by atoms with Gasteiger partial charge >= 0.3 is 11.9 Å². The fourth-order valence-electron chi connectivity index (χ4n) is 4.11. The number of rotatable bonds is 3. The predicted molar refractivity (Wildman–Crippen MR) is 102 cm³/mol. The molecule has 1 aliphatic rings. The number of methoxy groups -OCH3 is 2. The number of benzene rings is 2. The van der Waals surface area contributed by atoms with Gasteiger partial charge in [-0.15, -0.1) is 0 Å². The number of aromatic nitrogens is 3. The van der Waals surface area contributed by atoms with E-state index < -0.39 is 35.1 Å². The standard InChI is InChI=1S/C21H19N3O5/c1-21(24-22-14-10-6-7-11-15(14)23-24)13-9-5-4-8-12(13)18(25)16(19(26)28-2)17(21)20(27)29-3/h4-11,16-17H,1-3H3/t16-,17+,21-/m1/s1. The van der Waals surface area contributed by atoms with Crippen LogP contribution in [0.3, 0.4) is 0 Å². The van der Waals surface area contributed by atoms with Crippen LogP contribution in [0.1, 0.15) is 22.8 Å². The second-order valence-electron chi connectivity index (χ2n) is 7.04. The van der Waals surface area contributed by atoms with Gasteiger partial charge in [-0.1, -0.05) is 36.4 Å². The first-order chi connectivity index (χ1) is 13.9. The van der Waals surface area contributed by atoms with Crippen LogP contribution in [0.15, 0.2) is 48.5 Å². The maximum Gasteiger partial charge on any atom is 0.317 e. The molecule has 0 bridgehead atoms. The quantitative estimate of drug-likeness (QED) is 0.495. The Bertz CT molecular complexity index is 1110. The first-order valence-corrected chi connectivity index (χ1v) is 9.05. The molecule has 3 aromatic rings. The van der Waals surface area contributed by atoms with Gasteiger partial charge < -0.3 is 9.47 Å². The topological polar surface area (TPSA) is 100 Å². The van der Waals surface area contributed by atoms with Crippen LogP contribution in [0.5, 0.6) is 0 Å². The molecule has 8 heteroatoms. The Labute approximate surface area is 166 Å². The second-order valence-corrected chi connectivity index (χ2v) is 7.04. The van der Waals surface area contributed by atoms with E-state index in [0.717, 1.165) is 0 Å². The Kier molecular flexibility index (Phi) is 4.41. The third kappa shape index (κ3) is 2.63. The Morgan fingerprint density at radius 1 is 0.931 bits per heavy atom. The summed E-state index contributed by atoms with van der Waals surface area (Å²) >= 11 is 0. The molecular formula is C21H19N3O5. The summed E-state index contributed by atoms with van der Waals surface area (Å²) < 4.78 is 9.87. The molecule has 0 aliphatic heterocycles. The lowest BCUT2D eigenvalue weighted by molar-refractivity contribution is -0.160. The normalized spacial score (nSPS) is 23.5. The van der Waals surface area contributed by atoms with E-state index in [1.54, 1.807) is 43.3 Å². The first kappa shape index (κ1) is 18.8. The highest BCUT2D eigenvalue weighted by atomic mass is 16.5. The lowest BCUT2D eigenvalue weighted by atomic mass is 9.64. The van der Waals surface area contributed by atoms with Gasteiger partial charge in [0.2, 0.25) is 0 Å². The monoisotopic (exact) mass is 393 g/mol. The first-order valence-electron chi connectivity index (χ1n) is 9.05. The summed E-state index contributed by atoms with van der Waals surface area (Å²) in [5.41, 5.74) is 0.866. The number of hydrogen-bond acceptors (Lipinski definition) is 7. The minimum absolute atomic E-state index is 0.326. The molecule has 0 radical (unpaired) electrons. The van der Waals surface area contributed by atoms with Crippen molar-refractivity contribution in [3.63, 3.8) is 0 Å². The largest absolute Gasteiger partial charge is 0.469 e. The molecule has 4 rings (SSSR count). The van der Waals surface area contributed by atoms with E-state index in [0.29, 0.717) is 22.2 Å². The number of ether oxygens (including phenoxy) is 2. The van der Waals surface area contributed by atoms with Crippen molar-refractivity contribution in [1.29, 1.82) is 0 Å². The van der Waals surface area contributed by atoms with Crippen LogP contribution in [0, 0.1) is 11.8 Å². The molecule has 1 aromatic heterocycles. The number of esters is 2. The van der Waals surface area contributed by atoms with Crippen LogP contribution in [0.2, 0.25) is 0 Å². The molecule has 0 fully saturated rings. The van der Waals surface area contributed by atoms with Crippen molar-refractivity contribution in [1.82, 2.24) is 15.0 Å². The predicted octanol–water partition coefficient (Wildman–Crippen LogP) is 1.97. The number of nitrogens with zero attached hydrogens (tertiary/aromatic N) is 3. The van der Waals surface area contributed by atoms with Crippen LogP contribution in [-0.2, 0) is 24.6 Å². The molecule has 29 heavy (non-hydrogen) atoms. The van der Waals surface area contributed by atoms with Crippen molar-refractivity contribution in [3.8, 4) is 0 Å². The maximum absolute atomic E-state index is 13.2. The Balaban J connectivity index is 2.06. The zero-order valence-electron chi connectivity index (χ0n) is 16.2. The minimum Gasteiger partial charge on any atom is -0.469 e. The Morgan fingerprint density at radius 2 is 1.48 bits per heavy atom. The van der Waals surface area contributed by atoms with E-state index in [-0.39, 0.29) is 0 Å². The number of carbonyl (C=O) groups excluding carboxylic acids is 3. The van der Waals surface area contributed by atoms with Gasteiger partial charge in [0.05, 0.1) is 14.2 Å². The molecule has 0 N–H and O–H groups in total. The highest BCUT2D eigenvalue weighted by Gasteiger charge is 2.59. The van der Waals surface area contributed by atoms with Crippen molar-refractivity contribution >= 4 is 28.8 Å². The lowest BCUT2D eigenvalue weighted by Gasteiger charge is -2.42. The fourth-order valence-corrected chi connectivity index (χ4v) is 4.11. The molecule has 8 nitrogen and oxygen atoms in total. The highest BCUT2D eigenvalue weighted by Crippen LogP contribution is 2.46. The summed E-state index contributed by atoms with van der Waals surface area (Å²) in [7, 11) is 2.40. The van der Waals surface area contributed by atoms with Crippen LogP contribution in [-0.4, -0.2) is 46.9 Å². The molecular weight excluding hydrogens is 374 g/mol. The van der Waals surface area contributed by atoms with Gasteiger partial charge in [-0.25, -0.2) is 0 Å². The van der Waals surface area contributed by atoms with Crippen molar-refractivity contribution in [2.75, 3.05) is 14.2 Å². The number of Topliss-reactive ketones (excluding diaryl/α,β-unsaturated/α-hetero) is 1. The van der Waals surface area contributed by atoms with Gasteiger partial charge in [-0.3, -0.25) is 14.4 Å². The fraction of sp³-hybridized carbons (Fsp3) is 0.286. The molecule has 148 valence electrons. The molecule has 0 amide bonds. The average molecular weight is 393 g/mol. The van der Waals surface area contributed by atoms with Crippen molar-refractivity contribution < 1.29 is 23.9 Å². The number of fused-ring (bicyclic) bond motifs is 2. The summed E-state index contributed by atoms with van der Waals surface area (Å²) in [6.07, 6.45) is 0. The number of hydrogen-bond donors (Lipinski definition) is 0. The number of ketones is 1. The van der Waals surface area contributed by atoms with Crippen LogP contribution in [0.4, 0.5) is 0 Å². The molecule has 0 unspecified atom stereocenters. The summed E-state index contributed by atoms with van der Waals surface area (Å²) in [6, 6.07) is 14.1. The van der Waals surface area contributed by atoms with Crippen LogP contribution in [0.25, 0.3) is 11.0 Å². The van der Waals surface area contributed by atoms with Crippen molar-refractivity contribution in [2.45, 2.75) is 12.5 Å². The molecule has 0 saturated carbocycles. The van der Waals surface area contributed by atoms with Gasteiger partial charge in [0.25, 0.3) is 0 Å². The Hall–Kier alpha value is -3.55. The zero-order valence-corrected chi connectivity index (χ0v) is 16.2. The van der Waals surface area contributed by atoms with Gasteiger partial charge in [-0.05, 0) is 24.6 Å². The van der Waals surface area contributed by atoms with Crippen molar-refractivity contribution in [2.24, 2.45) is 11.8 Å². The minimum atomic E-state index is -1.37. The van der Waals surface area contributed by atoms with Crippen LogP contribution >= 0.6 is 0 Å². The van der Waals surface area contributed by atoms with E-state index >= 15 is 0 Å². The van der Waals surface area contributed by atoms with E-state index in [9.17, 15) is 14.4 Å². The lowest BCUT2D eigenvalue weighted by Crippen LogP contribution is -2.56. The molecule has 1 aliphatic carbocycles. The van der Waals surface area contributed by atoms with Crippen molar-refractivity contribution in [3.05, 3.63) is 59.7 Å². The summed E-state index contributed by atoms with van der Waals surface area (Å²) in [5, 5.41) is 9.11. The van der Waals surface area contributed by atoms with Gasteiger partial charge in [0.1, 0.15) is 28.4 Å². The Morgan fingerprint density at radius 3 is 2.07 bits per heavy atom.